The van der Waals surface area contributed by atoms with Crippen molar-refractivity contribution in [2.24, 2.45) is 0 Å². The van der Waals surface area contributed by atoms with Gasteiger partial charge in [0.2, 0.25) is 5.95 Å². The number of hydrogen-bond acceptors (Lipinski definition) is 4. The number of thiophene rings is 1. The molecule has 0 saturated heterocycles. The van der Waals surface area contributed by atoms with Crippen molar-refractivity contribution in [3.63, 3.8) is 0 Å². The van der Waals surface area contributed by atoms with Crippen LogP contribution in [0.4, 0.5) is 5.95 Å². The van der Waals surface area contributed by atoms with Crippen molar-refractivity contribution in [3.8, 4) is 0 Å². The number of nitrogens with one attached hydrogen (secondary N) is 1. The van der Waals surface area contributed by atoms with Gasteiger partial charge in [0.05, 0.1) is 5.39 Å². The molecule has 3 N–H and O–H groups in total. The van der Waals surface area contributed by atoms with Gasteiger partial charge in [-0.05, 0) is 31.0 Å². The first-order valence-electron chi connectivity index (χ1n) is 6.37. The molecule has 0 saturated carbocycles. The molecule has 20 heavy (non-hydrogen) atoms. The molecule has 3 aromatic rings. The molecule has 0 spiro atoms. The minimum absolute atomic E-state index is 0.169. The summed E-state index contributed by atoms with van der Waals surface area (Å²) >= 11 is 1.56. The van der Waals surface area contributed by atoms with Gasteiger partial charge in [-0.15, -0.1) is 11.3 Å². The van der Waals surface area contributed by atoms with E-state index in [1.807, 2.05) is 6.07 Å². The molecule has 0 atom stereocenters. The first kappa shape index (κ1) is 12.9. The summed E-state index contributed by atoms with van der Waals surface area (Å²) in [5, 5.41) is 0.615. The fourth-order valence-corrected chi connectivity index (χ4v) is 3.41. The zero-order chi connectivity index (χ0) is 14.3. The van der Waals surface area contributed by atoms with Gasteiger partial charge in [0, 0.05) is 11.3 Å². The Kier molecular flexibility index (Phi) is 3.06. The molecule has 4 nitrogen and oxygen atoms in total. The van der Waals surface area contributed by atoms with Crippen LogP contribution in [0, 0.1) is 13.8 Å². The smallest absolute Gasteiger partial charge is 0.283 e. The molecule has 3 rings (SSSR count). The summed E-state index contributed by atoms with van der Waals surface area (Å²) in [4.78, 5) is 20.4. The van der Waals surface area contributed by atoms with Crippen LogP contribution >= 0.6 is 11.3 Å². The second-order valence-corrected chi connectivity index (χ2v) is 6.13. The van der Waals surface area contributed by atoms with E-state index < -0.39 is 0 Å². The molecule has 0 radical (unpaired) electrons. The Hall–Kier alpha value is -2.14. The van der Waals surface area contributed by atoms with E-state index in [4.69, 9.17) is 5.73 Å². The standard InChI is InChI=1S/C15H15N3OS/c1-8-3-4-10(9(2)5-8)6-11-7-12-13(19)17-15(16)18-14(12)20-11/h3-5,7H,6H2,1-2H3,(H3,16,17,18,19). The zero-order valence-electron chi connectivity index (χ0n) is 11.4. The summed E-state index contributed by atoms with van der Waals surface area (Å²) in [6.45, 7) is 4.20. The minimum atomic E-state index is -0.264. The maximum atomic E-state index is 11.8. The number of aryl methyl sites for hydroxylation is 2. The van der Waals surface area contributed by atoms with Gasteiger partial charge < -0.3 is 10.7 Å². The predicted molar refractivity (Wildman–Crippen MR) is 83.4 cm³/mol. The van der Waals surface area contributed by atoms with E-state index in [0.717, 1.165) is 16.1 Å². The number of aromatic amines is 1. The zero-order valence-corrected chi connectivity index (χ0v) is 12.2. The van der Waals surface area contributed by atoms with Gasteiger partial charge in [0.15, 0.2) is 0 Å². The average Bonchev–Trinajstić information content (AvgIpc) is 2.75. The lowest BCUT2D eigenvalue weighted by atomic mass is 10.0. The molecule has 1 aromatic carbocycles. The van der Waals surface area contributed by atoms with E-state index in [1.54, 1.807) is 11.3 Å². The van der Waals surface area contributed by atoms with Crippen molar-refractivity contribution in [1.82, 2.24) is 9.97 Å². The Balaban J connectivity index is 2.03. The lowest BCUT2D eigenvalue weighted by Gasteiger charge is -2.04. The summed E-state index contributed by atoms with van der Waals surface area (Å²) in [6, 6.07) is 8.34. The molecule has 0 aliphatic carbocycles. The molecular formula is C15H15N3OS. The number of benzene rings is 1. The highest BCUT2D eigenvalue weighted by molar-refractivity contribution is 7.18. The Morgan fingerprint density at radius 3 is 2.85 bits per heavy atom. The number of nitrogen functional groups attached to an aromatic ring is 1. The number of H-pyrrole nitrogens is 1. The van der Waals surface area contributed by atoms with Crippen molar-refractivity contribution in [2.75, 3.05) is 5.73 Å². The van der Waals surface area contributed by atoms with Crippen LogP contribution in [0.15, 0.2) is 29.1 Å². The highest BCUT2D eigenvalue weighted by Crippen LogP contribution is 2.25. The Labute approximate surface area is 120 Å². The van der Waals surface area contributed by atoms with E-state index in [0.29, 0.717) is 5.39 Å². The van der Waals surface area contributed by atoms with Crippen molar-refractivity contribution in [2.45, 2.75) is 20.3 Å². The maximum absolute atomic E-state index is 11.8. The minimum Gasteiger partial charge on any atom is -0.369 e. The van der Waals surface area contributed by atoms with E-state index in [2.05, 4.69) is 42.0 Å². The topological polar surface area (TPSA) is 71.8 Å². The SMILES string of the molecule is Cc1ccc(Cc2cc3c(=O)nc(N)[nH]c3s2)c(C)c1. The molecule has 0 aliphatic heterocycles. The quantitative estimate of drug-likeness (QED) is 0.760. The largest absolute Gasteiger partial charge is 0.369 e. The van der Waals surface area contributed by atoms with Gasteiger partial charge in [-0.2, -0.15) is 4.98 Å². The van der Waals surface area contributed by atoms with Gasteiger partial charge in [0.1, 0.15) is 4.83 Å². The monoisotopic (exact) mass is 285 g/mol. The lowest BCUT2D eigenvalue weighted by molar-refractivity contribution is 1.18. The molecular weight excluding hydrogens is 270 g/mol. The Morgan fingerprint density at radius 2 is 2.10 bits per heavy atom. The fourth-order valence-electron chi connectivity index (χ4n) is 2.33. The summed E-state index contributed by atoms with van der Waals surface area (Å²) in [7, 11) is 0. The van der Waals surface area contributed by atoms with Gasteiger partial charge in [-0.1, -0.05) is 23.8 Å². The molecule has 0 aliphatic rings. The van der Waals surface area contributed by atoms with E-state index in [9.17, 15) is 4.79 Å². The van der Waals surface area contributed by atoms with Crippen LogP contribution in [0.5, 0.6) is 0 Å². The van der Waals surface area contributed by atoms with Gasteiger partial charge >= 0.3 is 0 Å². The second kappa shape index (κ2) is 4.76. The van der Waals surface area contributed by atoms with Gasteiger partial charge in [-0.3, -0.25) is 4.79 Å². The lowest BCUT2D eigenvalue weighted by Crippen LogP contribution is -2.09. The van der Waals surface area contributed by atoms with Crippen LogP contribution in [-0.4, -0.2) is 9.97 Å². The molecule has 5 heteroatoms. The summed E-state index contributed by atoms with van der Waals surface area (Å²) in [6.07, 6.45) is 0.818. The number of hydrogen-bond donors (Lipinski definition) is 2. The Bertz CT molecular complexity index is 848. The summed E-state index contributed by atoms with van der Waals surface area (Å²) in [5.41, 5.74) is 9.11. The van der Waals surface area contributed by atoms with Crippen molar-refractivity contribution < 1.29 is 0 Å². The number of rotatable bonds is 2. The average molecular weight is 285 g/mol. The first-order chi connectivity index (χ1) is 9.52. The van der Waals surface area contributed by atoms with E-state index >= 15 is 0 Å². The first-order valence-corrected chi connectivity index (χ1v) is 7.19. The number of anilines is 1. The highest BCUT2D eigenvalue weighted by atomic mass is 32.1. The van der Waals surface area contributed by atoms with Crippen LogP contribution in [-0.2, 0) is 6.42 Å². The Morgan fingerprint density at radius 1 is 1.30 bits per heavy atom. The molecule has 0 amide bonds. The molecule has 102 valence electrons. The summed E-state index contributed by atoms with van der Waals surface area (Å²) in [5.74, 6) is 0.169. The van der Waals surface area contributed by atoms with Crippen molar-refractivity contribution >= 4 is 27.5 Å². The van der Waals surface area contributed by atoms with Crippen molar-refractivity contribution in [3.05, 3.63) is 56.2 Å². The van der Waals surface area contributed by atoms with E-state index in [1.165, 1.54) is 16.7 Å². The molecule has 0 fully saturated rings. The molecule has 0 bridgehead atoms. The van der Waals surface area contributed by atoms with Crippen molar-refractivity contribution in [1.29, 1.82) is 0 Å². The fraction of sp³-hybridized carbons (Fsp3) is 0.200. The van der Waals surface area contributed by atoms with Gasteiger partial charge in [-0.25, -0.2) is 0 Å². The van der Waals surface area contributed by atoms with Crippen LogP contribution < -0.4 is 11.3 Å². The normalized spacial score (nSPS) is 11.1. The third-order valence-electron chi connectivity index (χ3n) is 3.34. The molecule has 2 heterocycles. The van der Waals surface area contributed by atoms with Crippen LogP contribution in [0.1, 0.15) is 21.6 Å². The number of fused-ring (bicyclic) bond motifs is 1. The number of nitrogens with two attached hydrogens (primary N) is 1. The van der Waals surface area contributed by atoms with Gasteiger partial charge in [0.25, 0.3) is 5.56 Å². The third-order valence-corrected chi connectivity index (χ3v) is 4.39. The number of aromatic nitrogens is 2. The highest BCUT2D eigenvalue weighted by Gasteiger charge is 2.09. The predicted octanol–water partition coefficient (Wildman–Crippen LogP) is 2.77. The number of nitrogens with zero attached hydrogens (tertiary/aromatic N) is 1. The van der Waals surface area contributed by atoms with E-state index in [-0.39, 0.29) is 11.5 Å². The van der Waals surface area contributed by atoms with Crippen LogP contribution in [0.3, 0.4) is 0 Å². The third kappa shape index (κ3) is 2.32. The molecule has 2 aromatic heterocycles. The maximum Gasteiger partial charge on any atom is 0.283 e. The van der Waals surface area contributed by atoms with Crippen LogP contribution in [0.25, 0.3) is 10.2 Å². The molecule has 0 unspecified atom stereocenters. The van der Waals surface area contributed by atoms with Crippen LogP contribution in [0.2, 0.25) is 0 Å². The second-order valence-electron chi connectivity index (χ2n) is 4.99. The summed E-state index contributed by atoms with van der Waals surface area (Å²) < 4.78 is 0.